The molecule has 16 heavy (non-hydrogen) atoms. The maximum atomic E-state index is 11.1. The third-order valence-electron chi connectivity index (χ3n) is 2.53. The van der Waals surface area contributed by atoms with Crippen molar-refractivity contribution in [3.05, 3.63) is 51.9 Å². The highest BCUT2D eigenvalue weighted by atomic mass is 16.1. The predicted octanol–water partition coefficient (Wildman–Crippen LogP) is 2.13. The molecule has 2 N–H and O–H groups in total. The van der Waals surface area contributed by atoms with E-state index in [1.807, 2.05) is 32.0 Å². The number of rotatable bonds is 2. The molecule has 0 aliphatic rings. The van der Waals surface area contributed by atoms with Crippen LogP contribution < -0.4 is 10.9 Å². The van der Waals surface area contributed by atoms with Gasteiger partial charge in [-0.2, -0.15) is 0 Å². The molecule has 0 bridgehead atoms. The van der Waals surface area contributed by atoms with E-state index in [1.165, 1.54) is 17.8 Å². The molecule has 0 atom stereocenters. The number of nitrogens with zero attached hydrogens (tertiary/aromatic N) is 1. The van der Waals surface area contributed by atoms with Gasteiger partial charge in [-0.1, -0.05) is 12.1 Å². The van der Waals surface area contributed by atoms with Gasteiger partial charge >= 0.3 is 0 Å². The minimum absolute atomic E-state index is 0.164. The molecule has 2 aromatic rings. The maximum absolute atomic E-state index is 11.1. The first-order chi connectivity index (χ1) is 7.66. The molecule has 0 saturated heterocycles. The van der Waals surface area contributed by atoms with Gasteiger partial charge in [-0.05, 0) is 31.0 Å². The van der Waals surface area contributed by atoms with Gasteiger partial charge < -0.3 is 5.32 Å². The summed E-state index contributed by atoms with van der Waals surface area (Å²) in [6.45, 7) is 4.07. The Bertz CT molecular complexity index is 560. The molecule has 4 heteroatoms. The van der Waals surface area contributed by atoms with Crippen LogP contribution in [0.5, 0.6) is 0 Å². The highest BCUT2D eigenvalue weighted by molar-refractivity contribution is 5.59. The first-order valence-corrected chi connectivity index (χ1v) is 5.05. The zero-order valence-corrected chi connectivity index (χ0v) is 9.24. The molecule has 2 rings (SSSR count). The van der Waals surface area contributed by atoms with E-state index in [4.69, 9.17) is 0 Å². The number of nitrogens with one attached hydrogen (secondary N) is 2. The van der Waals surface area contributed by atoms with Crippen LogP contribution in [0.25, 0.3) is 0 Å². The second-order valence-corrected chi connectivity index (χ2v) is 3.66. The van der Waals surface area contributed by atoms with Crippen molar-refractivity contribution >= 4 is 11.6 Å². The summed E-state index contributed by atoms with van der Waals surface area (Å²) in [5.74, 6) is 0.459. The van der Waals surface area contributed by atoms with Crippen LogP contribution >= 0.6 is 0 Å². The summed E-state index contributed by atoms with van der Waals surface area (Å²) in [7, 11) is 0. The van der Waals surface area contributed by atoms with Crippen molar-refractivity contribution in [3.63, 3.8) is 0 Å². The average Bonchev–Trinajstić information content (AvgIpc) is 2.25. The van der Waals surface area contributed by atoms with Crippen molar-refractivity contribution in [1.82, 2.24) is 9.97 Å². The molecule has 1 aromatic heterocycles. The average molecular weight is 215 g/mol. The molecule has 0 fully saturated rings. The van der Waals surface area contributed by atoms with E-state index in [1.54, 1.807) is 0 Å². The lowest BCUT2D eigenvalue weighted by Crippen LogP contribution is -2.08. The van der Waals surface area contributed by atoms with Crippen molar-refractivity contribution < 1.29 is 0 Å². The summed E-state index contributed by atoms with van der Waals surface area (Å²) < 4.78 is 0. The summed E-state index contributed by atoms with van der Waals surface area (Å²) in [6, 6.07) is 7.34. The Morgan fingerprint density at radius 2 is 2.06 bits per heavy atom. The van der Waals surface area contributed by atoms with Gasteiger partial charge in [0.25, 0.3) is 5.56 Å². The van der Waals surface area contributed by atoms with Gasteiger partial charge in [-0.15, -0.1) is 0 Å². The lowest BCUT2D eigenvalue weighted by atomic mass is 10.1. The fourth-order valence-electron chi connectivity index (χ4n) is 1.45. The van der Waals surface area contributed by atoms with Gasteiger partial charge in [-0.25, -0.2) is 4.98 Å². The van der Waals surface area contributed by atoms with Crippen LogP contribution in [0.3, 0.4) is 0 Å². The van der Waals surface area contributed by atoms with Crippen molar-refractivity contribution in [2.75, 3.05) is 5.32 Å². The van der Waals surface area contributed by atoms with Crippen LogP contribution in [0.1, 0.15) is 11.1 Å². The highest BCUT2D eigenvalue weighted by Crippen LogP contribution is 2.20. The zero-order valence-electron chi connectivity index (χ0n) is 9.24. The van der Waals surface area contributed by atoms with E-state index in [9.17, 15) is 4.79 Å². The Morgan fingerprint density at radius 1 is 1.25 bits per heavy atom. The quantitative estimate of drug-likeness (QED) is 0.806. The van der Waals surface area contributed by atoms with Gasteiger partial charge in [0, 0.05) is 18.0 Å². The molecule has 4 nitrogen and oxygen atoms in total. The van der Waals surface area contributed by atoms with Crippen LogP contribution in [0, 0.1) is 13.8 Å². The van der Waals surface area contributed by atoms with Crippen LogP contribution in [-0.2, 0) is 0 Å². The predicted molar refractivity (Wildman–Crippen MR) is 64.1 cm³/mol. The minimum Gasteiger partial charge on any atom is -0.325 e. The monoisotopic (exact) mass is 215 g/mol. The summed E-state index contributed by atoms with van der Waals surface area (Å²) in [4.78, 5) is 17.8. The number of benzene rings is 1. The number of aromatic nitrogens is 2. The molecule has 0 spiro atoms. The third kappa shape index (κ3) is 2.11. The third-order valence-corrected chi connectivity index (χ3v) is 2.53. The topological polar surface area (TPSA) is 57.8 Å². The summed E-state index contributed by atoms with van der Waals surface area (Å²) in [5, 5.41) is 3.09. The first-order valence-electron chi connectivity index (χ1n) is 5.05. The van der Waals surface area contributed by atoms with Gasteiger partial charge in [-0.3, -0.25) is 9.78 Å². The molecule has 0 saturated carbocycles. The van der Waals surface area contributed by atoms with Gasteiger partial charge in [0.05, 0.1) is 0 Å². The van der Waals surface area contributed by atoms with E-state index >= 15 is 0 Å². The standard InChI is InChI=1S/C12H13N3O/c1-8-4-3-5-10(9(8)2)14-12-13-7-6-11(16)15-12/h3-7H,1-2H3,(H2,13,14,15,16). The smallest absolute Gasteiger partial charge is 0.252 e. The maximum Gasteiger partial charge on any atom is 0.252 e. The lowest BCUT2D eigenvalue weighted by molar-refractivity contribution is 1.12. The van der Waals surface area contributed by atoms with Crippen LogP contribution in [0.2, 0.25) is 0 Å². The second kappa shape index (κ2) is 4.18. The molecular weight excluding hydrogens is 202 g/mol. The SMILES string of the molecule is Cc1cccc(Nc2nccc(=O)[nH]2)c1C. The lowest BCUT2D eigenvalue weighted by Gasteiger charge is -2.09. The Hall–Kier alpha value is -2.10. The minimum atomic E-state index is -0.164. The van der Waals surface area contributed by atoms with E-state index in [-0.39, 0.29) is 5.56 Å². The highest BCUT2D eigenvalue weighted by Gasteiger charge is 2.01. The van der Waals surface area contributed by atoms with E-state index in [0.29, 0.717) is 5.95 Å². The number of hydrogen-bond donors (Lipinski definition) is 2. The molecule has 82 valence electrons. The summed E-state index contributed by atoms with van der Waals surface area (Å²) in [6.07, 6.45) is 1.48. The number of anilines is 2. The van der Waals surface area contributed by atoms with Crippen LogP contribution in [0.4, 0.5) is 11.6 Å². The molecule has 1 heterocycles. The van der Waals surface area contributed by atoms with Crippen molar-refractivity contribution in [2.24, 2.45) is 0 Å². The van der Waals surface area contributed by atoms with Gasteiger partial charge in [0.1, 0.15) is 0 Å². The molecule has 0 unspecified atom stereocenters. The first kappa shape index (κ1) is 10.4. The normalized spacial score (nSPS) is 10.1. The van der Waals surface area contributed by atoms with Gasteiger partial charge in [0.2, 0.25) is 5.95 Å². The van der Waals surface area contributed by atoms with Crippen molar-refractivity contribution in [1.29, 1.82) is 0 Å². The van der Waals surface area contributed by atoms with Gasteiger partial charge in [0.15, 0.2) is 0 Å². The Morgan fingerprint density at radius 3 is 2.81 bits per heavy atom. The molecule has 0 amide bonds. The molecule has 0 radical (unpaired) electrons. The Balaban J connectivity index is 2.34. The van der Waals surface area contributed by atoms with E-state index < -0.39 is 0 Å². The zero-order chi connectivity index (χ0) is 11.5. The van der Waals surface area contributed by atoms with E-state index in [0.717, 1.165) is 11.3 Å². The number of hydrogen-bond acceptors (Lipinski definition) is 3. The fraction of sp³-hybridized carbons (Fsp3) is 0.167. The summed E-state index contributed by atoms with van der Waals surface area (Å²) in [5.41, 5.74) is 3.13. The largest absolute Gasteiger partial charge is 0.325 e. The number of H-pyrrole nitrogens is 1. The number of aryl methyl sites for hydroxylation is 1. The molecule has 0 aliphatic carbocycles. The Labute approximate surface area is 93.4 Å². The molecule has 1 aromatic carbocycles. The molecular formula is C12H13N3O. The van der Waals surface area contributed by atoms with Crippen molar-refractivity contribution in [3.8, 4) is 0 Å². The number of aromatic amines is 1. The molecule has 0 aliphatic heterocycles. The van der Waals surface area contributed by atoms with Crippen LogP contribution in [-0.4, -0.2) is 9.97 Å². The van der Waals surface area contributed by atoms with Crippen molar-refractivity contribution in [2.45, 2.75) is 13.8 Å². The van der Waals surface area contributed by atoms with E-state index in [2.05, 4.69) is 15.3 Å². The Kier molecular flexibility index (Phi) is 2.72. The fourth-order valence-corrected chi connectivity index (χ4v) is 1.45. The second-order valence-electron chi connectivity index (χ2n) is 3.66. The summed E-state index contributed by atoms with van der Waals surface area (Å²) >= 11 is 0. The van der Waals surface area contributed by atoms with Crippen LogP contribution in [0.15, 0.2) is 35.3 Å².